The fourth-order valence-corrected chi connectivity index (χ4v) is 2.76. The molecule has 2 rings (SSSR count). The summed E-state index contributed by atoms with van der Waals surface area (Å²) in [6, 6.07) is 10.1. The van der Waals surface area contributed by atoms with E-state index in [1.807, 2.05) is 31.2 Å². The third-order valence-electron chi connectivity index (χ3n) is 4.09. The van der Waals surface area contributed by atoms with Crippen LogP contribution in [0.2, 0.25) is 0 Å². The van der Waals surface area contributed by atoms with Crippen molar-refractivity contribution in [2.75, 3.05) is 39.3 Å². The monoisotopic (exact) mass is 327 g/mol. The molecular formula is C18H25N5O. The third-order valence-corrected chi connectivity index (χ3v) is 4.09. The molecule has 6 nitrogen and oxygen atoms in total. The first-order valence-corrected chi connectivity index (χ1v) is 8.25. The summed E-state index contributed by atoms with van der Waals surface area (Å²) in [7, 11) is 0. The summed E-state index contributed by atoms with van der Waals surface area (Å²) in [5, 5.41) is 12.3. The van der Waals surface area contributed by atoms with Crippen molar-refractivity contribution in [3.05, 3.63) is 47.2 Å². The Balaban J connectivity index is 1.88. The average molecular weight is 327 g/mol. The Hall–Kier alpha value is -2.36. The van der Waals surface area contributed by atoms with Crippen LogP contribution in [0.25, 0.3) is 0 Å². The van der Waals surface area contributed by atoms with E-state index in [0.717, 1.165) is 25.2 Å². The number of hydrogen-bond donors (Lipinski definition) is 2. The first-order chi connectivity index (χ1) is 11.6. The van der Waals surface area contributed by atoms with E-state index >= 15 is 0 Å². The van der Waals surface area contributed by atoms with E-state index in [-0.39, 0.29) is 11.5 Å². The van der Waals surface area contributed by atoms with Crippen LogP contribution in [0.4, 0.5) is 0 Å². The first kappa shape index (κ1) is 18.0. The molecule has 1 heterocycles. The smallest absolute Gasteiger partial charge is 0.266 e. The van der Waals surface area contributed by atoms with Gasteiger partial charge in [-0.2, -0.15) is 5.26 Å². The summed E-state index contributed by atoms with van der Waals surface area (Å²) in [5.74, 6) is -0.207. The molecule has 0 unspecified atom stereocenters. The van der Waals surface area contributed by atoms with Gasteiger partial charge in [-0.3, -0.25) is 9.69 Å². The molecule has 1 aromatic carbocycles. The third kappa shape index (κ3) is 5.08. The summed E-state index contributed by atoms with van der Waals surface area (Å²) in [6.07, 6.45) is 1.52. The Morgan fingerprint density at radius 2 is 2.12 bits per heavy atom. The molecule has 24 heavy (non-hydrogen) atoms. The molecule has 128 valence electrons. The molecule has 0 aliphatic carbocycles. The summed E-state index contributed by atoms with van der Waals surface area (Å²) in [5.41, 5.74) is 8.00. The Labute approximate surface area is 143 Å². The Morgan fingerprint density at radius 3 is 2.75 bits per heavy atom. The topological polar surface area (TPSA) is 85.4 Å². The van der Waals surface area contributed by atoms with Crippen LogP contribution in [0.3, 0.4) is 0 Å². The lowest BCUT2D eigenvalue weighted by atomic mass is 10.1. The number of nitrogens with zero attached hydrogens (tertiary/aromatic N) is 3. The minimum absolute atomic E-state index is 0.148. The van der Waals surface area contributed by atoms with Crippen molar-refractivity contribution >= 4 is 5.91 Å². The van der Waals surface area contributed by atoms with Gasteiger partial charge in [0.05, 0.1) is 0 Å². The molecule has 0 atom stereocenters. The summed E-state index contributed by atoms with van der Waals surface area (Å²) in [4.78, 5) is 16.4. The number of aryl methyl sites for hydroxylation is 1. The van der Waals surface area contributed by atoms with Crippen LogP contribution in [0, 0.1) is 18.3 Å². The molecule has 0 aromatic heterocycles. The highest BCUT2D eigenvalue weighted by Gasteiger charge is 2.23. The van der Waals surface area contributed by atoms with Gasteiger partial charge in [-0.15, -0.1) is 0 Å². The Bertz CT molecular complexity index is 627. The van der Waals surface area contributed by atoms with E-state index < -0.39 is 0 Å². The molecule has 1 amide bonds. The zero-order valence-corrected chi connectivity index (χ0v) is 14.2. The van der Waals surface area contributed by atoms with E-state index in [1.165, 1.54) is 11.8 Å². The number of nitrogens with one attached hydrogen (secondary N) is 1. The van der Waals surface area contributed by atoms with Gasteiger partial charge in [0, 0.05) is 52.0 Å². The van der Waals surface area contributed by atoms with E-state index in [0.29, 0.717) is 26.2 Å². The predicted octanol–water partition coefficient (Wildman–Crippen LogP) is 0.595. The predicted molar refractivity (Wildman–Crippen MR) is 93.8 cm³/mol. The maximum absolute atomic E-state index is 12.4. The number of amides is 1. The molecule has 0 saturated carbocycles. The van der Waals surface area contributed by atoms with Crippen LogP contribution in [0.1, 0.15) is 11.1 Å². The quantitative estimate of drug-likeness (QED) is 0.590. The molecular weight excluding hydrogens is 302 g/mol. The maximum Gasteiger partial charge on any atom is 0.266 e. The van der Waals surface area contributed by atoms with Gasteiger partial charge in [-0.25, -0.2) is 0 Å². The molecule has 1 fully saturated rings. The molecule has 6 heteroatoms. The van der Waals surface area contributed by atoms with Crippen molar-refractivity contribution in [1.82, 2.24) is 15.1 Å². The minimum Gasteiger partial charge on any atom is -0.386 e. The van der Waals surface area contributed by atoms with Gasteiger partial charge < -0.3 is 16.0 Å². The number of piperazine rings is 1. The zero-order chi connectivity index (χ0) is 17.4. The molecule has 0 radical (unpaired) electrons. The van der Waals surface area contributed by atoms with Crippen molar-refractivity contribution in [3.8, 4) is 6.07 Å². The van der Waals surface area contributed by atoms with Crippen LogP contribution in [-0.2, 0) is 11.3 Å². The van der Waals surface area contributed by atoms with Crippen LogP contribution >= 0.6 is 0 Å². The van der Waals surface area contributed by atoms with Gasteiger partial charge >= 0.3 is 0 Å². The SMILES string of the molecule is Cc1cccc(CN/C=C(/C#N)C(=O)N2CCN(CCN)CC2)c1. The number of nitriles is 1. The van der Waals surface area contributed by atoms with Crippen LogP contribution < -0.4 is 11.1 Å². The molecule has 1 aliphatic heterocycles. The number of carbonyl (C=O) groups excluding carboxylic acids is 1. The molecule has 1 aliphatic rings. The van der Waals surface area contributed by atoms with E-state index in [2.05, 4.69) is 16.3 Å². The average Bonchev–Trinajstić information content (AvgIpc) is 2.59. The highest BCUT2D eigenvalue weighted by molar-refractivity contribution is 5.97. The summed E-state index contributed by atoms with van der Waals surface area (Å²) < 4.78 is 0. The van der Waals surface area contributed by atoms with Gasteiger partial charge in [0.15, 0.2) is 0 Å². The molecule has 3 N–H and O–H groups in total. The maximum atomic E-state index is 12.4. The van der Waals surface area contributed by atoms with Gasteiger partial charge in [0.25, 0.3) is 5.91 Å². The first-order valence-electron chi connectivity index (χ1n) is 8.25. The largest absolute Gasteiger partial charge is 0.386 e. The Kier molecular flexibility index (Phi) is 6.79. The van der Waals surface area contributed by atoms with Gasteiger partial charge in [-0.1, -0.05) is 29.8 Å². The van der Waals surface area contributed by atoms with Crippen LogP contribution in [-0.4, -0.2) is 55.0 Å². The van der Waals surface area contributed by atoms with Crippen molar-refractivity contribution in [1.29, 1.82) is 5.26 Å². The fourth-order valence-electron chi connectivity index (χ4n) is 2.76. The van der Waals surface area contributed by atoms with Crippen LogP contribution in [0.5, 0.6) is 0 Å². The normalized spacial score (nSPS) is 15.9. The van der Waals surface area contributed by atoms with Gasteiger partial charge in [0.2, 0.25) is 0 Å². The second kappa shape index (κ2) is 9.06. The van der Waals surface area contributed by atoms with Crippen molar-refractivity contribution in [2.45, 2.75) is 13.5 Å². The Morgan fingerprint density at radius 1 is 1.38 bits per heavy atom. The lowest BCUT2D eigenvalue weighted by Crippen LogP contribution is -2.50. The van der Waals surface area contributed by atoms with Crippen molar-refractivity contribution in [2.24, 2.45) is 5.73 Å². The molecule has 1 saturated heterocycles. The van der Waals surface area contributed by atoms with Gasteiger partial charge in [0.1, 0.15) is 11.6 Å². The molecule has 1 aromatic rings. The number of benzene rings is 1. The lowest BCUT2D eigenvalue weighted by molar-refractivity contribution is -0.128. The van der Waals surface area contributed by atoms with Crippen molar-refractivity contribution < 1.29 is 4.79 Å². The fraction of sp³-hybridized carbons (Fsp3) is 0.444. The minimum atomic E-state index is -0.207. The van der Waals surface area contributed by atoms with Gasteiger partial charge in [-0.05, 0) is 12.5 Å². The number of nitrogens with two attached hydrogens (primary N) is 1. The molecule has 0 bridgehead atoms. The lowest BCUT2D eigenvalue weighted by Gasteiger charge is -2.34. The second-order valence-corrected chi connectivity index (χ2v) is 5.96. The van der Waals surface area contributed by atoms with E-state index in [4.69, 9.17) is 5.73 Å². The second-order valence-electron chi connectivity index (χ2n) is 5.96. The number of hydrogen-bond acceptors (Lipinski definition) is 5. The summed E-state index contributed by atoms with van der Waals surface area (Å²) >= 11 is 0. The number of rotatable bonds is 6. The highest BCUT2D eigenvalue weighted by Crippen LogP contribution is 2.07. The number of carbonyl (C=O) groups is 1. The highest BCUT2D eigenvalue weighted by atomic mass is 16.2. The standard InChI is InChI=1S/C18H25N5O/c1-15-3-2-4-16(11-15)13-21-14-17(12-20)18(24)23-9-7-22(6-5-19)8-10-23/h2-4,11,14,21H,5-10,13,19H2,1H3/b17-14-. The zero-order valence-electron chi connectivity index (χ0n) is 14.2. The van der Waals surface area contributed by atoms with Crippen molar-refractivity contribution in [3.63, 3.8) is 0 Å². The van der Waals surface area contributed by atoms with Crippen LogP contribution in [0.15, 0.2) is 36.0 Å². The molecule has 0 spiro atoms. The summed E-state index contributed by atoms with van der Waals surface area (Å²) in [6.45, 7) is 6.97. The van der Waals surface area contributed by atoms with E-state index in [9.17, 15) is 10.1 Å². The van der Waals surface area contributed by atoms with E-state index in [1.54, 1.807) is 4.90 Å².